The quantitative estimate of drug-likeness (QED) is 0.718. The first-order valence-electron chi connectivity index (χ1n) is 6.02. The van der Waals surface area contributed by atoms with Crippen LogP contribution in [0.3, 0.4) is 0 Å². The fourth-order valence-electron chi connectivity index (χ4n) is 2.38. The van der Waals surface area contributed by atoms with Gasteiger partial charge in [0.25, 0.3) is 0 Å². The SMILES string of the molecule is Cc1cc(N2CCCN(C)CC2C)nc(Cl)n1. The number of anilines is 1. The molecule has 0 saturated carbocycles. The topological polar surface area (TPSA) is 32.3 Å². The van der Waals surface area contributed by atoms with Crippen LogP contribution < -0.4 is 4.90 Å². The van der Waals surface area contributed by atoms with Crippen molar-refractivity contribution in [2.24, 2.45) is 0 Å². The molecule has 5 heteroatoms. The molecule has 0 N–H and O–H groups in total. The van der Waals surface area contributed by atoms with Crippen LogP contribution in [-0.4, -0.2) is 47.6 Å². The second-order valence-electron chi connectivity index (χ2n) is 4.79. The van der Waals surface area contributed by atoms with E-state index in [1.165, 1.54) is 0 Å². The van der Waals surface area contributed by atoms with Gasteiger partial charge in [-0.15, -0.1) is 0 Å². The van der Waals surface area contributed by atoms with Crippen LogP contribution in [0, 0.1) is 6.92 Å². The van der Waals surface area contributed by atoms with Gasteiger partial charge in [-0.1, -0.05) is 0 Å². The number of likely N-dealkylation sites (N-methyl/N-ethyl adjacent to an activating group) is 1. The highest BCUT2D eigenvalue weighted by Crippen LogP contribution is 2.20. The van der Waals surface area contributed by atoms with Crippen molar-refractivity contribution in [1.29, 1.82) is 0 Å². The van der Waals surface area contributed by atoms with Crippen LogP contribution in [0.2, 0.25) is 5.28 Å². The molecule has 0 amide bonds. The Kier molecular flexibility index (Phi) is 3.84. The predicted octanol–water partition coefficient (Wildman–Crippen LogP) is 1.97. The molecule has 94 valence electrons. The Hall–Kier alpha value is -0.870. The van der Waals surface area contributed by atoms with Crippen LogP contribution >= 0.6 is 11.6 Å². The summed E-state index contributed by atoms with van der Waals surface area (Å²) >= 11 is 5.93. The van der Waals surface area contributed by atoms with Crippen molar-refractivity contribution in [3.05, 3.63) is 17.0 Å². The van der Waals surface area contributed by atoms with Gasteiger partial charge in [0.2, 0.25) is 5.28 Å². The molecule has 1 aromatic heterocycles. The lowest BCUT2D eigenvalue weighted by molar-refractivity contribution is 0.337. The minimum Gasteiger partial charge on any atom is -0.352 e. The summed E-state index contributed by atoms with van der Waals surface area (Å²) in [5.74, 6) is 0.949. The Bertz CT molecular complexity index is 376. The Labute approximate surface area is 108 Å². The molecule has 1 aliphatic heterocycles. The van der Waals surface area contributed by atoms with Crippen molar-refractivity contribution in [1.82, 2.24) is 14.9 Å². The third-order valence-corrected chi connectivity index (χ3v) is 3.32. The molecule has 0 aromatic carbocycles. The molecule has 1 aliphatic rings. The van der Waals surface area contributed by atoms with E-state index in [1.807, 2.05) is 13.0 Å². The summed E-state index contributed by atoms with van der Waals surface area (Å²) in [5, 5.41) is 0.338. The molecule has 2 rings (SSSR count). The highest BCUT2D eigenvalue weighted by molar-refractivity contribution is 6.28. The second kappa shape index (κ2) is 5.19. The highest BCUT2D eigenvalue weighted by atomic mass is 35.5. The Balaban J connectivity index is 2.25. The van der Waals surface area contributed by atoms with Gasteiger partial charge in [0, 0.05) is 30.9 Å². The molecular formula is C12H19ClN4. The molecule has 2 heterocycles. The summed E-state index contributed by atoms with van der Waals surface area (Å²) < 4.78 is 0. The average molecular weight is 255 g/mol. The lowest BCUT2D eigenvalue weighted by Gasteiger charge is -2.29. The fourth-order valence-corrected chi connectivity index (χ4v) is 2.60. The molecule has 1 fully saturated rings. The molecule has 1 aromatic rings. The van der Waals surface area contributed by atoms with Gasteiger partial charge in [-0.2, -0.15) is 0 Å². The van der Waals surface area contributed by atoms with Crippen molar-refractivity contribution in [3.63, 3.8) is 0 Å². The minimum absolute atomic E-state index is 0.338. The van der Waals surface area contributed by atoms with Gasteiger partial charge in [-0.3, -0.25) is 0 Å². The molecule has 4 nitrogen and oxygen atoms in total. The molecule has 0 spiro atoms. The third-order valence-electron chi connectivity index (χ3n) is 3.15. The number of nitrogens with zero attached hydrogens (tertiary/aromatic N) is 4. The molecule has 1 saturated heterocycles. The highest BCUT2D eigenvalue weighted by Gasteiger charge is 2.21. The summed E-state index contributed by atoms with van der Waals surface area (Å²) in [7, 11) is 2.16. The van der Waals surface area contributed by atoms with Crippen LogP contribution in [0.15, 0.2) is 6.07 Å². The number of halogens is 1. The van der Waals surface area contributed by atoms with Crippen LogP contribution in [-0.2, 0) is 0 Å². The Morgan fingerprint density at radius 1 is 1.35 bits per heavy atom. The van der Waals surface area contributed by atoms with E-state index in [0.29, 0.717) is 11.3 Å². The summed E-state index contributed by atoms with van der Waals surface area (Å²) in [6, 6.07) is 2.46. The lowest BCUT2D eigenvalue weighted by Crippen LogP contribution is -2.38. The smallest absolute Gasteiger partial charge is 0.224 e. The summed E-state index contributed by atoms with van der Waals surface area (Å²) in [6.07, 6.45) is 1.15. The Morgan fingerprint density at radius 2 is 2.12 bits per heavy atom. The monoisotopic (exact) mass is 254 g/mol. The maximum atomic E-state index is 5.93. The van der Waals surface area contributed by atoms with E-state index >= 15 is 0 Å². The van der Waals surface area contributed by atoms with Crippen molar-refractivity contribution < 1.29 is 0 Å². The molecular weight excluding hydrogens is 236 g/mol. The van der Waals surface area contributed by atoms with Crippen molar-refractivity contribution >= 4 is 17.4 Å². The van der Waals surface area contributed by atoms with E-state index in [2.05, 4.69) is 33.7 Å². The zero-order valence-corrected chi connectivity index (χ0v) is 11.4. The zero-order valence-electron chi connectivity index (χ0n) is 10.6. The molecule has 1 atom stereocenters. The summed E-state index contributed by atoms with van der Waals surface area (Å²) in [6.45, 7) is 7.40. The van der Waals surface area contributed by atoms with Crippen LogP contribution in [0.1, 0.15) is 19.0 Å². The number of aromatic nitrogens is 2. The first kappa shape index (κ1) is 12.6. The fraction of sp³-hybridized carbons (Fsp3) is 0.667. The molecule has 0 radical (unpaired) electrons. The van der Waals surface area contributed by atoms with Gasteiger partial charge in [0.15, 0.2) is 0 Å². The van der Waals surface area contributed by atoms with Gasteiger partial charge in [-0.25, -0.2) is 9.97 Å². The van der Waals surface area contributed by atoms with Crippen LogP contribution in [0.5, 0.6) is 0 Å². The van der Waals surface area contributed by atoms with Crippen molar-refractivity contribution in [3.8, 4) is 0 Å². The van der Waals surface area contributed by atoms with E-state index in [9.17, 15) is 0 Å². The summed E-state index contributed by atoms with van der Waals surface area (Å²) in [5.41, 5.74) is 0.921. The van der Waals surface area contributed by atoms with Crippen LogP contribution in [0.4, 0.5) is 5.82 Å². The number of hydrogen-bond donors (Lipinski definition) is 0. The van der Waals surface area contributed by atoms with Crippen LogP contribution in [0.25, 0.3) is 0 Å². The Morgan fingerprint density at radius 3 is 2.82 bits per heavy atom. The largest absolute Gasteiger partial charge is 0.352 e. The maximum Gasteiger partial charge on any atom is 0.224 e. The van der Waals surface area contributed by atoms with E-state index in [1.54, 1.807) is 0 Å². The van der Waals surface area contributed by atoms with Crippen molar-refractivity contribution in [2.45, 2.75) is 26.3 Å². The van der Waals surface area contributed by atoms with Gasteiger partial charge in [0.05, 0.1) is 0 Å². The third kappa shape index (κ3) is 3.07. The maximum absolute atomic E-state index is 5.93. The van der Waals surface area contributed by atoms with E-state index in [4.69, 9.17) is 11.6 Å². The van der Waals surface area contributed by atoms with Crippen molar-refractivity contribution in [2.75, 3.05) is 31.6 Å². The normalized spacial score (nSPS) is 22.6. The minimum atomic E-state index is 0.338. The first-order chi connectivity index (χ1) is 8.06. The van der Waals surface area contributed by atoms with E-state index in [-0.39, 0.29) is 0 Å². The standard InChI is InChI=1S/C12H19ClN4/c1-9-7-11(15-12(13)14-9)17-6-4-5-16(3)8-10(17)2/h7,10H,4-6,8H2,1-3H3. The molecule has 0 bridgehead atoms. The molecule has 0 aliphatic carbocycles. The number of aryl methyl sites for hydroxylation is 1. The molecule has 1 unspecified atom stereocenters. The zero-order chi connectivity index (χ0) is 12.4. The van der Waals surface area contributed by atoms with Gasteiger partial charge in [0.1, 0.15) is 5.82 Å². The van der Waals surface area contributed by atoms with E-state index < -0.39 is 0 Å². The van der Waals surface area contributed by atoms with Gasteiger partial charge >= 0.3 is 0 Å². The average Bonchev–Trinajstić information content (AvgIpc) is 2.37. The van der Waals surface area contributed by atoms with Gasteiger partial charge < -0.3 is 9.80 Å². The van der Waals surface area contributed by atoms with E-state index in [0.717, 1.165) is 37.6 Å². The predicted molar refractivity (Wildman–Crippen MR) is 70.7 cm³/mol. The first-order valence-corrected chi connectivity index (χ1v) is 6.40. The number of rotatable bonds is 1. The summed E-state index contributed by atoms with van der Waals surface area (Å²) in [4.78, 5) is 13.1. The lowest BCUT2D eigenvalue weighted by atomic mass is 10.2. The van der Waals surface area contributed by atoms with Gasteiger partial charge in [-0.05, 0) is 45.5 Å². The second-order valence-corrected chi connectivity index (χ2v) is 5.13. The number of hydrogen-bond acceptors (Lipinski definition) is 4. The molecule has 17 heavy (non-hydrogen) atoms.